The van der Waals surface area contributed by atoms with Crippen LogP contribution in [0.2, 0.25) is 0 Å². The van der Waals surface area contributed by atoms with Crippen molar-refractivity contribution in [2.24, 2.45) is 0 Å². The molecule has 4 heteroatoms. The fraction of sp³-hybridized carbons (Fsp3) is 0.720. The monoisotopic (exact) mass is 403 g/mol. The van der Waals surface area contributed by atoms with Gasteiger partial charge in [0.1, 0.15) is 12.4 Å². The van der Waals surface area contributed by atoms with Crippen molar-refractivity contribution in [3.63, 3.8) is 0 Å². The highest BCUT2D eigenvalue weighted by Crippen LogP contribution is 2.19. The summed E-state index contributed by atoms with van der Waals surface area (Å²) in [6.45, 7) is 3.71. The molecule has 1 N–H and O–H groups in total. The van der Waals surface area contributed by atoms with E-state index >= 15 is 0 Å². The van der Waals surface area contributed by atoms with E-state index in [9.17, 15) is 4.79 Å². The highest BCUT2D eigenvalue weighted by molar-refractivity contribution is 5.90. The van der Waals surface area contributed by atoms with Gasteiger partial charge in [-0.3, -0.25) is 4.79 Å². The van der Waals surface area contributed by atoms with E-state index in [1.165, 1.54) is 57.8 Å². The van der Waals surface area contributed by atoms with Crippen molar-refractivity contribution in [1.29, 1.82) is 0 Å². The largest absolute Gasteiger partial charge is 0.491 e. The molecule has 164 valence electrons. The molecular formula is C25H41NO3. The van der Waals surface area contributed by atoms with Gasteiger partial charge in [-0.25, -0.2) is 0 Å². The first-order chi connectivity index (χ1) is 14.3. The number of ether oxygens (including phenoxy) is 2. The molecule has 1 aromatic rings. The SMILES string of the molecule is CCCCCCCCCCCCCC(=O)Nc1ccc(OCC2CCCO2)cc1. The molecule has 1 aliphatic heterocycles. The smallest absolute Gasteiger partial charge is 0.224 e. The van der Waals surface area contributed by atoms with Crippen LogP contribution in [-0.4, -0.2) is 25.2 Å². The zero-order valence-electron chi connectivity index (χ0n) is 18.4. The quantitative estimate of drug-likeness (QED) is 0.306. The Labute approximate surface area is 177 Å². The lowest BCUT2D eigenvalue weighted by Crippen LogP contribution is -2.16. The van der Waals surface area contributed by atoms with Gasteiger partial charge in [-0.2, -0.15) is 0 Å². The number of hydrogen-bond donors (Lipinski definition) is 1. The lowest BCUT2D eigenvalue weighted by atomic mass is 10.1. The van der Waals surface area contributed by atoms with Crippen molar-refractivity contribution in [3.05, 3.63) is 24.3 Å². The van der Waals surface area contributed by atoms with Gasteiger partial charge in [-0.05, 0) is 43.5 Å². The molecule has 0 saturated carbocycles. The molecule has 1 unspecified atom stereocenters. The molecule has 4 nitrogen and oxygen atoms in total. The van der Waals surface area contributed by atoms with E-state index in [1.807, 2.05) is 24.3 Å². The van der Waals surface area contributed by atoms with Crippen molar-refractivity contribution in [3.8, 4) is 5.75 Å². The highest BCUT2D eigenvalue weighted by Gasteiger charge is 2.15. The van der Waals surface area contributed by atoms with Gasteiger partial charge in [0.15, 0.2) is 0 Å². The molecule has 1 heterocycles. The summed E-state index contributed by atoms with van der Waals surface area (Å²) in [4.78, 5) is 12.1. The summed E-state index contributed by atoms with van der Waals surface area (Å²) in [6, 6.07) is 7.63. The predicted octanol–water partition coefficient (Wildman–Crippen LogP) is 6.88. The standard InChI is InChI=1S/C25H41NO3/c1-2-3-4-5-6-7-8-9-10-11-12-15-25(27)26-22-16-18-23(19-17-22)29-21-24-14-13-20-28-24/h16-19,24H,2-15,20-21H2,1H3,(H,26,27). The zero-order valence-corrected chi connectivity index (χ0v) is 18.4. The molecular weight excluding hydrogens is 362 g/mol. The van der Waals surface area contributed by atoms with Crippen LogP contribution in [0.3, 0.4) is 0 Å². The Morgan fingerprint density at radius 3 is 2.17 bits per heavy atom. The van der Waals surface area contributed by atoms with Gasteiger partial charge in [0.25, 0.3) is 0 Å². The summed E-state index contributed by atoms with van der Waals surface area (Å²) in [5.41, 5.74) is 0.836. The number of amides is 1. The summed E-state index contributed by atoms with van der Waals surface area (Å²) >= 11 is 0. The van der Waals surface area contributed by atoms with Crippen molar-refractivity contribution in [2.45, 2.75) is 103 Å². The Kier molecular flexibility index (Phi) is 12.5. The van der Waals surface area contributed by atoms with Gasteiger partial charge < -0.3 is 14.8 Å². The molecule has 1 fully saturated rings. The van der Waals surface area contributed by atoms with Crippen LogP contribution in [0.15, 0.2) is 24.3 Å². The number of carbonyl (C=O) groups is 1. The fourth-order valence-corrected chi connectivity index (χ4v) is 3.77. The van der Waals surface area contributed by atoms with Gasteiger partial charge in [0, 0.05) is 18.7 Å². The van der Waals surface area contributed by atoms with Crippen molar-refractivity contribution < 1.29 is 14.3 Å². The Bertz CT molecular complexity index is 538. The summed E-state index contributed by atoms with van der Waals surface area (Å²) in [5, 5.41) is 2.98. The van der Waals surface area contributed by atoms with Crippen LogP contribution in [0.5, 0.6) is 5.75 Å². The summed E-state index contributed by atoms with van der Waals surface area (Å²) in [7, 11) is 0. The predicted molar refractivity (Wildman–Crippen MR) is 121 cm³/mol. The lowest BCUT2D eigenvalue weighted by molar-refractivity contribution is -0.116. The first-order valence-corrected chi connectivity index (χ1v) is 11.9. The van der Waals surface area contributed by atoms with Crippen molar-refractivity contribution in [2.75, 3.05) is 18.5 Å². The number of rotatable bonds is 16. The third-order valence-electron chi connectivity index (χ3n) is 5.61. The fourth-order valence-electron chi connectivity index (χ4n) is 3.77. The van der Waals surface area contributed by atoms with E-state index in [1.54, 1.807) is 0 Å². The number of unbranched alkanes of at least 4 members (excludes halogenated alkanes) is 10. The first-order valence-electron chi connectivity index (χ1n) is 11.9. The lowest BCUT2D eigenvalue weighted by Gasteiger charge is -2.12. The molecule has 0 spiro atoms. The minimum Gasteiger partial charge on any atom is -0.491 e. The molecule has 1 saturated heterocycles. The van der Waals surface area contributed by atoms with Crippen LogP contribution in [0.4, 0.5) is 5.69 Å². The molecule has 1 atom stereocenters. The van der Waals surface area contributed by atoms with Gasteiger partial charge in [-0.1, -0.05) is 71.1 Å². The average molecular weight is 404 g/mol. The molecule has 0 radical (unpaired) electrons. The third kappa shape index (κ3) is 11.3. The zero-order chi connectivity index (χ0) is 20.6. The second kappa shape index (κ2) is 15.3. The van der Waals surface area contributed by atoms with Crippen LogP contribution < -0.4 is 10.1 Å². The van der Waals surface area contributed by atoms with Gasteiger partial charge >= 0.3 is 0 Å². The number of hydrogen-bond acceptors (Lipinski definition) is 3. The number of nitrogens with one attached hydrogen (secondary N) is 1. The Morgan fingerprint density at radius 2 is 1.59 bits per heavy atom. The van der Waals surface area contributed by atoms with Crippen LogP contribution in [0.1, 0.15) is 96.8 Å². The summed E-state index contributed by atoms with van der Waals surface area (Å²) in [5.74, 6) is 0.929. The van der Waals surface area contributed by atoms with Crippen LogP contribution in [-0.2, 0) is 9.53 Å². The molecule has 2 rings (SSSR count). The maximum Gasteiger partial charge on any atom is 0.224 e. The number of carbonyl (C=O) groups excluding carboxylic acids is 1. The normalized spacial score (nSPS) is 16.1. The Morgan fingerprint density at radius 1 is 0.966 bits per heavy atom. The van der Waals surface area contributed by atoms with Crippen LogP contribution in [0.25, 0.3) is 0 Å². The van der Waals surface area contributed by atoms with Gasteiger partial charge in [-0.15, -0.1) is 0 Å². The molecule has 29 heavy (non-hydrogen) atoms. The van der Waals surface area contributed by atoms with E-state index in [2.05, 4.69) is 12.2 Å². The van der Waals surface area contributed by atoms with Gasteiger partial charge in [0.05, 0.1) is 6.10 Å². The number of anilines is 1. The van der Waals surface area contributed by atoms with Gasteiger partial charge in [0.2, 0.25) is 5.91 Å². The second-order valence-electron chi connectivity index (χ2n) is 8.30. The van der Waals surface area contributed by atoms with E-state index in [0.717, 1.165) is 43.7 Å². The maximum atomic E-state index is 12.1. The second-order valence-corrected chi connectivity index (χ2v) is 8.30. The maximum absolute atomic E-state index is 12.1. The molecule has 1 amide bonds. The Hall–Kier alpha value is -1.55. The molecule has 1 aromatic carbocycles. The first kappa shape index (κ1) is 23.7. The topological polar surface area (TPSA) is 47.6 Å². The minimum atomic E-state index is 0.106. The third-order valence-corrected chi connectivity index (χ3v) is 5.61. The summed E-state index contributed by atoms with van der Waals surface area (Å²) in [6.07, 6.45) is 17.3. The average Bonchev–Trinajstić information content (AvgIpc) is 3.25. The van der Waals surface area contributed by atoms with E-state index in [0.29, 0.717) is 13.0 Å². The molecule has 0 aromatic heterocycles. The van der Waals surface area contributed by atoms with E-state index in [4.69, 9.17) is 9.47 Å². The van der Waals surface area contributed by atoms with Crippen LogP contribution >= 0.6 is 0 Å². The van der Waals surface area contributed by atoms with E-state index < -0.39 is 0 Å². The molecule has 1 aliphatic rings. The summed E-state index contributed by atoms with van der Waals surface area (Å²) < 4.78 is 11.3. The van der Waals surface area contributed by atoms with E-state index in [-0.39, 0.29) is 12.0 Å². The Balaban J connectivity index is 1.45. The van der Waals surface area contributed by atoms with Crippen LogP contribution in [0, 0.1) is 0 Å². The molecule has 0 bridgehead atoms. The number of benzene rings is 1. The van der Waals surface area contributed by atoms with Crippen molar-refractivity contribution in [1.82, 2.24) is 0 Å². The minimum absolute atomic E-state index is 0.106. The highest BCUT2D eigenvalue weighted by atomic mass is 16.5. The van der Waals surface area contributed by atoms with Crippen molar-refractivity contribution >= 4 is 11.6 Å². The molecule has 0 aliphatic carbocycles.